The zero-order chi connectivity index (χ0) is 15.1. The molecule has 0 radical (unpaired) electrons. The molecule has 0 bridgehead atoms. The van der Waals surface area contributed by atoms with Crippen molar-refractivity contribution in [2.75, 3.05) is 6.54 Å². The van der Waals surface area contributed by atoms with Gasteiger partial charge in [-0.15, -0.1) is 0 Å². The number of aryl methyl sites for hydroxylation is 1. The topological polar surface area (TPSA) is 34.4 Å². The summed E-state index contributed by atoms with van der Waals surface area (Å²) in [4.78, 5) is 0. The molecule has 0 spiro atoms. The predicted octanol–water partition coefficient (Wildman–Crippen LogP) is 4.57. The smallest absolute Gasteiger partial charge is 0.118 e. The van der Waals surface area contributed by atoms with Gasteiger partial charge in [0.25, 0.3) is 0 Å². The van der Waals surface area contributed by atoms with E-state index < -0.39 is 0 Å². The van der Waals surface area contributed by atoms with Crippen LogP contribution in [0, 0.1) is 12.8 Å². The van der Waals surface area contributed by atoms with E-state index >= 15 is 0 Å². The largest absolute Gasteiger partial charge is 0.465 e. The van der Waals surface area contributed by atoms with Crippen LogP contribution in [0.2, 0.25) is 0 Å². The monoisotopic (exact) mass is 293 g/mol. The van der Waals surface area contributed by atoms with Crippen molar-refractivity contribution in [3.8, 4) is 0 Å². The van der Waals surface area contributed by atoms with E-state index in [2.05, 4.69) is 25.2 Å². The van der Waals surface area contributed by atoms with Crippen LogP contribution in [-0.2, 0) is 17.9 Å². The van der Waals surface area contributed by atoms with E-state index in [-0.39, 0.29) is 0 Å². The Kier molecular flexibility index (Phi) is 6.78. The van der Waals surface area contributed by atoms with Crippen molar-refractivity contribution in [3.05, 3.63) is 23.2 Å². The highest BCUT2D eigenvalue weighted by atomic mass is 16.5. The van der Waals surface area contributed by atoms with Crippen LogP contribution in [0.25, 0.3) is 0 Å². The summed E-state index contributed by atoms with van der Waals surface area (Å²) in [6, 6.07) is 2.15. The number of ether oxygens (including phenoxy) is 1. The molecule has 3 heteroatoms. The van der Waals surface area contributed by atoms with Crippen molar-refractivity contribution in [2.24, 2.45) is 5.92 Å². The number of nitrogens with one attached hydrogen (secondary N) is 1. The van der Waals surface area contributed by atoms with Crippen molar-refractivity contribution >= 4 is 0 Å². The fraction of sp³-hybridized carbons (Fsp3) is 0.778. The van der Waals surface area contributed by atoms with Crippen LogP contribution in [0.4, 0.5) is 0 Å². The van der Waals surface area contributed by atoms with Crippen LogP contribution in [0.1, 0.15) is 69.5 Å². The summed E-state index contributed by atoms with van der Waals surface area (Å²) in [5.74, 6) is 2.69. The second kappa shape index (κ2) is 8.60. The maximum atomic E-state index is 6.11. The van der Waals surface area contributed by atoms with Gasteiger partial charge in [0.15, 0.2) is 0 Å². The second-order valence-electron chi connectivity index (χ2n) is 6.74. The molecule has 120 valence electrons. The molecule has 0 atom stereocenters. The molecular formula is C18H31NO2. The molecule has 1 fully saturated rings. The van der Waals surface area contributed by atoms with Crippen LogP contribution in [0.5, 0.6) is 0 Å². The Balaban J connectivity index is 1.78. The third-order valence-electron chi connectivity index (χ3n) is 4.20. The summed E-state index contributed by atoms with van der Waals surface area (Å²) in [5.41, 5.74) is 1.21. The number of furan rings is 1. The third kappa shape index (κ3) is 5.84. The Labute approximate surface area is 129 Å². The fourth-order valence-corrected chi connectivity index (χ4v) is 2.92. The van der Waals surface area contributed by atoms with Crippen molar-refractivity contribution in [1.82, 2.24) is 5.32 Å². The van der Waals surface area contributed by atoms with Gasteiger partial charge in [-0.25, -0.2) is 0 Å². The molecule has 1 aromatic rings. The van der Waals surface area contributed by atoms with Gasteiger partial charge in [-0.2, -0.15) is 0 Å². The van der Waals surface area contributed by atoms with E-state index in [1.807, 2.05) is 6.92 Å². The van der Waals surface area contributed by atoms with Crippen LogP contribution in [0.15, 0.2) is 10.5 Å². The second-order valence-corrected chi connectivity index (χ2v) is 6.74. The zero-order valence-electron chi connectivity index (χ0n) is 13.9. The Morgan fingerprint density at radius 3 is 2.62 bits per heavy atom. The molecule has 1 heterocycles. The Morgan fingerprint density at radius 1 is 1.24 bits per heavy atom. The number of rotatable bonds is 7. The summed E-state index contributed by atoms with van der Waals surface area (Å²) < 4.78 is 11.9. The van der Waals surface area contributed by atoms with Gasteiger partial charge >= 0.3 is 0 Å². The third-order valence-corrected chi connectivity index (χ3v) is 4.20. The molecule has 3 nitrogen and oxygen atoms in total. The zero-order valence-corrected chi connectivity index (χ0v) is 13.9. The predicted molar refractivity (Wildman–Crippen MR) is 86.3 cm³/mol. The van der Waals surface area contributed by atoms with Gasteiger partial charge in [0.1, 0.15) is 11.5 Å². The molecule has 1 N–H and O–H groups in total. The lowest BCUT2D eigenvalue weighted by molar-refractivity contribution is 0.0304. The first kappa shape index (κ1) is 16.6. The van der Waals surface area contributed by atoms with Crippen molar-refractivity contribution < 1.29 is 9.15 Å². The van der Waals surface area contributed by atoms with Crippen molar-refractivity contribution in [1.29, 1.82) is 0 Å². The highest BCUT2D eigenvalue weighted by Gasteiger charge is 2.14. The molecule has 2 rings (SSSR count). The van der Waals surface area contributed by atoms with Crippen LogP contribution in [0.3, 0.4) is 0 Å². The average Bonchev–Trinajstić information content (AvgIpc) is 2.65. The molecule has 1 aliphatic rings. The molecule has 0 saturated heterocycles. The van der Waals surface area contributed by atoms with E-state index in [1.165, 1.54) is 44.1 Å². The first-order chi connectivity index (χ1) is 10.1. The minimum atomic E-state index is 0.448. The summed E-state index contributed by atoms with van der Waals surface area (Å²) in [6.45, 7) is 9.00. The highest BCUT2D eigenvalue weighted by molar-refractivity contribution is 5.20. The van der Waals surface area contributed by atoms with Gasteiger partial charge in [-0.05, 0) is 38.3 Å². The van der Waals surface area contributed by atoms with Gasteiger partial charge in [0, 0.05) is 5.56 Å². The van der Waals surface area contributed by atoms with Gasteiger partial charge < -0.3 is 14.5 Å². The lowest BCUT2D eigenvalue weighted by Crippen LogP contribution is -2.18. The van der Waals surface area contributed by atoms with E-state index in [1.54, 1.807) is 0 Å². The molecule has 21 heavy (non-hydrogen) atoms. The first-order valence-corrected chi connectivity index (χ1v) is 8.55. The van der Waals surface area contributed by atoms with Crippen molar-refractivity contribution in [2.45, 2.75) is 78.6 Å². The van der Waals surface area contributed by atoms with Crippen LogP contribution in [-0.4, -0.2) is 12.6 Å². The van der Waals surface area contributed by atoms with E-state index in [9.17, 15) is 0 Å². The molecule has 0 amide bonds. The maximum Gasteiger partial charge on any atom is 0.118 e. The lowest BCUT2D eigenvalue weighted by Gasteiger charge is -2.14. The summed E-state index contributed by atoms with van der Waals surface area (Å²) in [6.07, 6.45) is 8.27. The Bertz CT molecular complexity index is 403. The highest BCUT2D eigenvalue weighted by Crippen LogP contribution is 2.22. The lowest BCUT2D eigenvalue weighted by atomic mass is 10.1. The van der Waals surface area contributed by atoms with Gasteiger partial charge in [0.2, 0.25) is 0 Å². The van der Waals surface area contributed by atoms with Gasteiger partial charge in [0.05, 0.1) is 19.3 Å². The average molecular weight is 293 g/mol. The van der Waals surface area contributed by atoms with E-state index in [4.69, 9.17) is 9.15 Å². The SMILES string of the molecule is Cc1oc(CNCC(C)C)cc1COC1CCCCCC1. The standard InChI is InChI=1S/C18H31NO2/c1-14(2)11-19-12-18-10-16(15(3)21-18)13-20-17-8-6-4-5-7-9-17/h10,14,17,19H,4-9,11-13H2,1-3H3. The first-order valence-electron chi connectivity index (χ1n) is 8.55. The van der Waals surface area contributed by atoms with E-state index in [0.717, 1.165) is 24.6 Å². The quantitative estimate of drug-likeness (QED) is 0.748. The molecule has 1 aliphatic carbocycles. The molecule has 0 aliphatic heterocycles. The molecule has 0 aromatic carbocycles. The minimum Gasteiger partial charge on any atom is -0.465 e. The van der Waals surface area contributed by atoms with Gasteiger partial charge in [-0.3, -0.25) is 0 Å². The molecular weight excluding hydrogens is 262 g/mol. The number of hydrogen-bond acceptors (Lipinski definition) is 3. The van der Waals surface area contributed by atoms with Crippen molar-refractivity contribution in [3.63, 3.8) is 0 Å². The van der Waals surface area contributed by atoms with Crippen LogP contribution >= 0.6 is 0 Å². The molecule has 1 aromatic heterocycles. The Hall–Kier alpha value is -0.800. The summed E-state index contributed by atoms with van der Waals surface area (Å²) >= 11 is 0. The normalized spacial score (nSPS) is 17.3. The molecule has 1 saturated carbocycles. The van der Waals surface area contributed by atoms with Crippen LogP contribution < -0.4 is 5.32 Å². The maximum absolute atomic E-state index is 6.11. The summed E-state index contributed by atoms with van der Waals surface area (Å²) in [7, 11) is 0. The minimum absolute atomic E-state index is 0.448. The molecule has 0 unspecified atom stereocenters. The number of hydrogen-bond donors (Lipinski definition) is 1. The van der Waals surface area contributed by atoms with Gasteiger partial charge in [-0.1, -0.05) is 39.5 Å². The fourth-order valence-electron chi connectivity index (χ4n) is 2.92. The van der Waals surface area contributed by atoms with E-state index in [0.29, 0.717) is 18.6 Å². The summed E-state index contributed by atoms with van der Waals surface area (Å²) in [5, 5.41) is 3.42. The Morgan fingerprint density at radius 2 is 1.95 bits per heavy atom.